The number of thiophene rings is 1. The fourth-order valence-electron chi connectivity index (χ4n) is 2.92. The number of hydrogen-bond donors (Lipinski definition) is 2. The third-order valence-corrected chi connectivity index (χ3v) is 5.12. The number of amides is 2. The third-order valence-electron chi connectivity index (χ3n) is 4.25. The molecule has 28 heavy (non-hydrogen) atoms. The number of aryl methyl sites for hydroxylation is 2. The molecule has 7 nitrogen and oxygen atoms in total. The molecule has 0 aliphatic carbocycles. The summed E-state index contributed by atoms with van der Waals surface area (Å²) in [5.74, 6) is -0.482. The van der Waals surface area contributed by atoms with Crippen molar-refractivity contribution in [3.05, 3.63) is 70.2 Å². The first kappa shape index (κ1) is 17.9. The van der Waals surface area contributed by atoms with Crippen LogP contribution in [0.2, 0.25) is 0 Å². The quantitative estimate of drug-likeness (QED) is 0.553. The third kappa shape index (κ3) is 3.49. The van der Waals surface area contributed by atoms with Gasteiger partial charge in [-0.1, -0.05) is 12.1 Å². The number of aromatic nitrogens is 3. The number of nitrogens with zero attached hydrogens (tertiary/aromatic N) is 3. The normalized spacial score (nSPS) is 10.8. The number of carbonyl (C=O) groups is 2. The van der Waals surface area contributed by atoms with Crippen molar-refractivity contribution in [2.75, 3.05) is 10.6 Å². The molecule has 0 aliphatic heterocycles. The fraction of sp³-hybridized carbons (Fsp3) is 0.100. The molecule has 4 aromatic rings. The number of pyridine rings is 1. The van der Waals surface area contributed by atoms with Crippen LogP contribution in [0.1, 0.15) is 25.7 Å². The Morgan fingerprint density at radius 2 is 1.86 bits per heavy atom. The van der Waals surface area contributed by atoms with E-state index in [9.17, 15) is 9.59 Å². The SMILES string of the molecule is Cc1nn(C)c2ncc(NC(=O)c3cccc(NC(=O)c4cccs4)c3)cc12. The van der Waals surface area contributed by atoms with Crippen LogP contribution >= 0.6 is 11.3 Å². The second-order valence-corrected chi connectivity index (χ2v) is 7.22. The van der Waals surface area contributed by atoms with Crippen molar-refractivity contribution in [3.8, 4) is 0 Å². The molecule has 0 unspecified atom stereocenters. The average molecular weight is 391 g/mol. The van der Waals surface area contributed by atoms with Crippen LogP contribution in [0.3, 0.4) is 0 Å². The van der Waals surface area contributed by atoms with Gasteiger partial charge in [-0.3, -0.25) is 14.3 Å². The minimum atomic E-state index is -0.282. The van der Waals surface area contributed by atoms with Crippen LogP contribution in [0.5, 0.6) is 0 Å². The van der Waals surface area contributed by atoms with E-state index in [4.69, 9.17) is 0 Å². The van der Waals surface area contributed by atoms with Crippen LogP contribution in [0.25, 0.3) is 11.0 Å². The molecule has 2 amide bonds. The maximum Gasteiger partial charge on any atom is 0.265 e. The molecule has 0 atom stereocenters. The molecule has 4 rings (SSSR count). The summed E-state index contributed by atoms with van der Waals surface area (Å²) < 4.78 is 1.70. The number of hydrogen-bond acceptors (Lipinski definition) is 5. The van der Waals surface area contributed by atoms with Gasteiger partial charge in [0.1, 0.15) is 0 Å². The maximum atomic E-state index is 12.6. The van der Waals surface area contributed by atoms with E-state index in [-0.39, 0.29) is 11.8 Å². The molecule has 8 heteroatoms. The Labute approximate surface area is 165 Å². The molecule has 3 heterocycles. The molecular weight excluding hydrogens is 374 g/mol. The first-order chi connectivity index (χ1) is 13.5. The smallest absolute Gasteiger partial charge is 0.265 e. The Morgan fingerprint density at radius 1 is 1.04 bits per heavy atom. The second-order valence-electron chi connectivity index (χ2n) is 6.27. The first-order valence-electron chi connectivity index (χ1n) is 8.57. The Kier molecular flexibility index (Phi) is 4.62. The Morgan fingerprint density at radius 3 is 2.64 bits per heavy atom. The zero-order chi connectivity index (χ0) is 19.7. The van der Waals surface area contributed by atoms with E-state index in [0.717, 1.165) is 16.7 Å². The maximum absolute atomic E-state index is 12.6. The highest BCUT2D eigenvalue weighted by atomic mass is 32.1. The lowest BCUT2D eigenvalue weighted by Gasteiger charge is -2.08. The standard InChI is InChI=1S/C20H17N5O2S/c1-12-16-10-15(11-21-18(16)25(2)24-12)23-19(26)13-5-3-6-14(9-13)22-20(27)17-7-4-8-28-17/h3-11H,1-2H3,(H,22,27)(H,23,26). The van der Waals surface area contributed by atoms with Gasteiger partial charge in [-0.25, -0.2) is 4.98 Å². The van der Waals surface area contributed by atoms with Gasteiger partial charge in [0.25, 0.3) is 11.8 Å². The summed E-state index contributed by atoms with van der Waals surface area (Å²) in [6.45, 7) is 1.90. The number of fused-ring (bicyclic) bond motifs is 1. The molecule has 0 spiro atoms. The Hall–Kier alpha value is -3.52. The summed E-state index contributed by atoms with van der Waals surface area (Å²) in [6.07, 6.45) is 1.60. The van der Waals surface area contributed by atoms with Gasteiger partial charge in [0.2, 0.25) is 0 Å². The zero-order valence-corrected chi connectivity index (χ0v) is 16.1. The van der Waals surface area contributed by atoms with Crippen molar-refractivity contribution < 1.29 is 9.59 Å². The summed E-state index contributed by atoms with van der Waals surface area (Å²) in [5, 5.41) is 12.7. The van der Waals surface area contributed by atoms with E-state index < -0.39 is 0 Å². The molecule has 1 aromatic carbocycles. The van der Waals surface area contributed by atoms with Crippen LogP contribution in [0.4, 0.5) is 11.4 Å². The molecule has 0 saturated heterocycles. The van der Waals surface area contributed by atoms with Crippen LogP contribution in [-0.4, -0.2) is 26.6 Å². The monoisotopic (exact) mass is 391 g/mol. The fourth-order valence-corrected chi connectivity index (χ4v) is 3.54. The van der Waals surface area contributed by atoms with Gasteiger partial charge < -0.3 is 10.6 Å². The average Bonchev–Trinajstić information content (AvgIpc) is 3.31. The lowest BCUT2D eigenvalue weighted by Crippen LogP contribution is -2.14. The van der Waals surface area contributed by atoms with Crippen molar-refractivity contribution in [2.24, 2.45) is 7.05 Å². The van der Waals surface area contributed by atoms with E-state index in [1.54, 1.807) is 41.2 Å². The van der Waals surface area contributed by atoms with E-state index in [1.165, 1.54) is 11.3 Å². The minimum absolute atomic E-state index is 0.200. The van der Waals surface area contributed by atoms with Crippen LogP contribution < -0.4 is 10.6 Å². The van der Waals surface area contributed by atoms with Crippen LogP contribution in [0.15, 0.2) is 54.0 Å². The van der Waals surface area contributed by atoms with Crippen molar-refractivity contribution in [1.29, 1.82) is 0 Å². The molecule has 0 saturated carbocycles. The van der Waals surface area contributed by atoms with Gasteiger partial charge in [-0.15, -0.1) is 11.3 Å². The van der Waals surface area contributed by atoms with Crippen molar-refractivity contribution in [2.45, 2.75) is 6.92 Å². The lowest BCUT2D eigenvalue weighted by atomic mass is 10.1. The van der Waals surface area contributed by atoms with Gasteiger partial charge in [0.15, 0.2) is 5.65 Å². The number of nitrogens with one attached hydrogen (secondary N) is 2. The lowest BCUT2D eigenvalue weighted by molar-refractivity contribution is 0.101. The molecule has 0 radical (unpaired) electrons. The van der Waals surface area contributed by atoms with Gasteiger partial charge in [-0.05, 0) is 42.6 Å². The molecule has 0 bridgehead atoms. The van der Waals surface area contributed by atoms with Gasteiger partial charge in [0.05, 0.1) is 22.5 Å². The summed E-state index contributed by atoms with van der Waals surface area (Å²) in [6, 6.07) is 12.2. The largest absolute Gasteiger partial charge is 0.321 e. The molecule has 2 N–H and O–H groups in total. The van der Waals surface area contributed by atoms with Gasteiger partial charge >= 0.3 is 0 Å². The van der Waals surface area contributed by atoms with Crippen molar-refractivity contribution in [3.63, 3.8) is 0 Å². The predicted molar refractivity (Wildman–Crippen MR) is 110 cm³/mol. The molecule has 3 aromatic heterocycles. The minimum Gasteiger partial charge on any atom is -0.321 e. The molecule has 140 valence electrons. The Bertz CT molecular complexity index is 1180. The predicted octanol–water partition coefficient (Wildman–Crippen LogP) is 3.84. The molecule has 0 aliphatic rings. The number of anilines is 2. The highest BCUT2D eigenvalue weighted by molar-refractivity contribution is 7.12. The van der Waals surface area contributed by atoms with E-state index in [0.29, 0.717) is 21.8 Å². The number of carbonyl (C=O) groups excluding carboxylic acids is 2. The molecular formula is C20H17N5O2S. The first-order valence-corrected chi connectivity index (χ1v) is 9.45. The van der Waals surface area contributed by atoms with Crippen LogP contribution in [0, 0.1) is 6.92 Å². The van der Waals surface area contributed by atoms with E-state index in [2.05, 4.69) is 20.7 Å². The van der Waals surface area contributed by atoms with Gasteiger partial charge in [0, 0.05) is 23.7 Å². The number of rotatable bonds is 4. The van der Waals surface area contributed by atoms with Crippen molar-refractivity contribution in [1.82, 2.24) is 14.8 Å². The zero-order valence-electron chi connectivity index (χ0n) is 15.3. The van der Waals surface area contributed by atoms with Gasteiger partial charge in [-0.2, -0.15) is 5.10 Å². The highest BCUT2D eigenvalue weighted by Crippen LogP contribution is 2.20. The highest BCUT2D eigenvalue weighted by Gasteiger charge is 2.12. The Balaban J connectivity index is 1.52. The second kappa shape index (κ2) is 7.24. The van der Waals surface area contributed by atoms with E-state index in [1.807, 2.05) is 31.5 Å². The van der Waals surface area contributed by atoms with Crippen LogP contribution in [-0.2, 0) is 7.05 Å². The number of benzene rings is 1. The van der Waals surface area contributed by atoms with Crippen molar-refractivity contribution >= 4 is 45.6 Å². The summed E-state index contributed by atoms with van der Waals surface area (Å²) >= 11 is 1.36. The molecule has 0 fully saturated rings. The summed E-state index contributed by atoms with van der Waals surface area (Å²) in [7, 11) is 1.83. The summed E-state index contributed by atoms with van der Waals surface area (Å²) in [5.41, 5.74) is 3.18. The summed E-state index contributed by atoms with van der Waals surface area (Å²) in [4.78, 5) is 29.8. The topological polar surface area (TPSA) is 88.9 Å². The van der Waals surface area contributed by atoms with E-state index >= 15 is 0 Å².